The van der Waals surface area contributed by atoms with Crippen LogP contribution >= 0.6 is 0 Å². The molecule has 0 saturated heterocycles. The molecule has 1 aliphatic rings. The van der Waals surface area contributed by atoms with Crippen LogP contribution in [0.1, 0.15) is 37.9 Å². The summed E-state index contributed by atoms with van der Waals surface area (Å²) in [6, 6.07) is 7.05. The Morgan fingerprint density at radius 1 is 1.15 bits per heavy atom. The maximum Gasteiger partial charge on any atom is 0.315 e. The van der Waals surface area contributed by atoms with Crippen molar-refractivity contribution >= 4 is 17.6 Å². The average molecular weight is 371 g/mol. The molecule has 0 radical (unpaired) electrons. The van der Waals surface area contributed by atoms with Crippen molar-refractivity contribution < 1.29 is 9.59 Å². The minimum atomic E-state index is -0.298. The molecule has 3 amide bonds. The van der Waals surface area contributed by atoms with Crippen LogP contribution in [0, 0.1) is 0 Å². The first kappa shape index (κ1) is 18.8. The number of rotatable bonds is 6. The highest BCUT2D eigenvalue weighted by Crippen LogP contribution is 2.18. The lowest BCUT2D eigenvalue weighted by Gasteiger charge is -2.22. The highest BCUT2D eigenvalue weighted by atomic mass is 16.2. The summed E-state index contributed by atoms with van der Waals surface area (Å²) in [6.07, 6.45) is 5.52. The van der Waals surface area contributed by atoms with Crippen LogP contribution < -0.4 is 21.7 Å². The van der Waals surface area contributed by atoms with Gasteiger partial charge in [-0.25, -0.2) is 9.78 Å². The van der Waals surface area contributed by atoms with E-state index in [-0.39, 0.29) is 24.5 Å². The Labute approximate surface area is 157 Å². The third kappa shape index (κ3) is 5.52. The molecule has 1 aromatic heterocycles. The van der Waals surface area contributed by atoms with Crippen LogP contribution in [0.3, 0.4) is 0 Å². The lowest BCUT2D eigenvalue weighted by Crippen LogP contribution is -2.45. The highest BCUT2D eigenvalue weighted by molar-refractivity contribution is 5.94. The molecule has 6 N–H and O–H groups in total. The summed E-state index contributed by atoms with van der Waals surface area (Å²) in [5.74, 6) is 0.874. The second kappa shape index (κ2) is 9.13. The maximum atomic E-state index is 12.0. The van der Waals surface area contributed by atoms with Gasteiger partial charge in [-0.2, -0.15) is 5.10 Å². The fourth-order valence-corrected chi connectivity index (χ4v) is 3.07. The molecule has 9 nitrogen and oxygen atoms in total. The van der Waals surface area contributed by atoms with Gasteiger partial charge in [0.1, 0.15) is 5.82 Å². The maximum absolute atomic E-state index is 12.0. The summed E-state index contributed by atoms with van der Waals surface area (Å²) in [7, 11) is 0. The first-order chi connectivity index (χ1) is 13.1. The number of nitrogens with zero attached hydrogens (tertiary/aromatic N) is 2. The van der Waals surface area contributed by atoms with Gasteiger partial charge in [0.25, 0.3) is 0 Å². The topological polar surface area (TPSA) is 138 Å². The fourth-order valence-electron chi connectivity index (χ4n) is 3.07. The van der Waals surface area contributed by atoms with Gasteiger partial charge in [0.05, 0.1) is 13.1 Å². The van der Waals surface area contributed by atoms with E-state index in [1.54, 1.807) is 12.1 Å². The predicted molar refractivity (Wildman–Crippen MR) is 102 cm³/mol. The molecule has 1 aromatic carbocycles. The van der Waals surface area contributed by atoms with Crippen LogP contribution in [-0.2, 0) is 11.3 Å². The normalized spacial score (nSPS) is 14.6. The van der Waals surface area contributed by atoms with Crippen molar-refractivity contribution in [2.24, 2.45) is 5.73 Å². The number of aromatic nitrogens is 3. The van der Waals surface area contributed by atoms with Crippen molar-refractivity contribution in [2.75, 3.05) is 11.9 Å². The summed E-state index contributed by atoms with van der Waals surface area (Å²) in [5.41, 5.74) is 6.95. The van der Waals surface area contributed by atoms with Crippen molar-refractivity contribution in [3.63, 3.8) is 0 Å². The Bertz CT molecular complexity index is 766. The molecule has 0 bridgehead atoms. The first-order valence-electron chi connectivity index (χ1n) is 9.20. The van der Waals surface area contributed by atoms with Crippen molar-refractivity contribution in [1.82, 2.24) is 25.8 Å². The van der Waals surface area contributed by atoms with Crippen molar-refractivity contribution in [2.45, 2.75) is 44.7 Å². The van der Waals surface area contributed by atoms with E-state index in [2.05, 4.69) is 31.1 Å². The largest absolute Gasteiger partial charge is 0.335 e. The summed E-state index contributed by atoms with van der Waals surface area (Å²) in [5, 5.41) is 15.1. The van der Waals surface area contributed by atoms with Gasteiger partial charge >= 0.3 is 6.03 Å². The van der Waals surface area contributed by atoms with Crippen molar-refractivity contribution in [3.05, 3.63) is 30.1 Å². The molecule has 0 spiro atoms. The van der Waals surface area contributed by atoms with Gasteiger partial charge in [-0.1, -0.05) is 19.3 Å². The minimum Gasteiger partial charge on any atom is -0.335 e. The quantitative estimate of drug-likeness (QED) is 0.524. The zero-order valence-electron chi connectivity index (χ0n) is 15.1. The average Bonchev–Trinajstić information content (AvgIpc) is 3.17. The molecular weight excluding hydrogens is 346 g/mol. The van der Waals surface area contributed by atoms with E-state index in [9.17, 15) is 9.59 Å². The summed E-state index contributed by atoms with van der Waals surface area (Å²) in [4.78, 5) is 28.1. The van der Waals surface area contributed by atoms with Gasteiger partial charge in [0, 0.05) is 17.3 Å². The van der Waals surface area contributed by atoms with Gasteiger partial charge in [0.15, 0.2) is 5.82 Å². The third-order valence-electron chi connectivity index (χ3n) is 4.50. The molecule has 1 fully saturated rings. The molecule has 0 atom stereocenters. The molecule has 144 valence electrons. The summed E-state index contributed by atoms with van der Waals surface area (Å²) < 4.78 is 0. The van der Waals surface area contributed by atoms with Crippen LogP contribution in [0.2, 0.25) is 0 Å². The van der Waals surface area contributed by atoms with E-state index >= 15 is 0 Å². The van der Waals surface area contributed by atoms with Gasteiger partial charge in [-0.15, -0.1) is 0 Å². The zero-order valence-corrected chi connectivity index (χ0v) is 15.1. The van der Waals surface area contributed by atoms with E-state index in [4.69, 9.17) is 5.73 Å². The smallest absolute Gasteiger partial charge is 0.315 e. The Morgan fingerprint density at radius 3 is 2.56 bits per heavy atom. The zero-order chi connectivity index (χ0) is 19.1. The number of H-pyrrole nitrogens is 1. The monoisotopic (exact) mass is 371 g/mol. The molecule has 9 heteroatoms. The number of carbonyl (C=O) groups excluding carboxylic acids is 2. The molecule has 27 heavy (non-hydrogen) atoms. The number of benzene rings is 1. The number of urea groups is 1. The second-order valence-electron chi connectivity index (χ2n) is 6.60. The van der Waals surface area contributed by atoms with Crippen molar-refractivity contribution in [3.8, 4) is 11.4 Å². The molecule has 2 aromatic rings. The van der Waals surface area contributed by atoms with E-state index in [1.807, 2.05) is 12.1 Å². The minimum absolute atomic E-state index is 0.0823. The van der Waals surface area contributed by atoms with E-state index < -0.39 is 0 Å². The highest BCUT2D eigenvalue weighted by Gasteiger charge is 2.16. The van der Waals surface area contributed by atoms with Crippen LogP contribution in [-0.4, -0.2) is 39.7 Å². The molecule has 1 saturated carbocycles. The van der Waals surface area contributed by atoms with E-state index in [1.165, 1.54) is 6.42 Å². The number of carbonyl (C=O) groups is 2. The number of hydrogen-bond acceptors (Lipinski definition) is 5. The Balaban J connectivity index is 1.44. The van der Waals surface area contributed by atoms with Crippen LogP contribution in [0.5, 0.6) is 0 Å². The molecule has 1 heterocycles. The standard InChI is InChI=1S/C18H25N7O2/c19-10-15-23-17(25-24-15)12-6-8-14(9-7-12)21-16(26)11-20-18(27)22-13-4-2-1-3-5-13/h6-9,13H,1-5,10-11,19H2,(H,21,26)(H2,20,22,27)(H,23,24,25). The third-order valence-corrected chi connectivity index (χ3v) is 4.50. The number of amides is 3. The van der Waals surface area contributed by atoms with Gasteiger partial charge in [-0.3, -0.25) is 9.89 Å². The number of nitrogens with one attached hydrogen (secondary N) is 4. The Kier molecular flexibility index (Phi) is 6.37. The number of anilines is 1. The van der Waals surface area contributed by atoms with Crippen LogP contribution in [0.25, 0.3) is 11.4 Å². The van der Waals surface area contributed by atoms with Crippen LogP contribution in [0.4, 0.5) is 10.5 Å². The molecule has 0 aliphatic heterocycles. The Hall–Kier alpha value is -2.94. The first-order valence-corrected chi connectivity index (χ1v) is 9.20. The number of aromatic amines is 1. The number of nitrogens with two attached hydrogens (primary N) is 1. The van der Waals surface area contributed by atoms with Gasteiger partial charge in [-0.05, 0) is 37.1 Å². The molecule has 3 rings (SSSR count). The van der Waals surface area contributed by atoms with Crippen LogP contribution in [0.15, 0.2) is 24.3 Å². The SMILES string of the molecule is NCc1nc(-c2ccc(NC(=O)CNC(=O)NC3CCCCC3)cc2)n[nH]1. The fraction of sp³-hybridized carbons (Fsp3) is 0.444. The lowest BCUT2D eigenvalue weighted by molar-refractivity contribution is -0.115. The second-order valence-corrected chi connectivity index (χ2v) is 6.60. The summed E-state index contributed by atoms with van der Waals surface area (Å²) >= 11 is 0. The Morgan fingerprint density at radius 2 is 1.89 bits per heavy atom. The predicted octanol–water partition coefficient (Wildman–Crippen LogP) is 1.50. The molecule has 1 aliphatic carbocycles. The summed E-state index contributed by atoms with van der Waals surface area (Å²) in [6.45, 7) is 0.212. The van der Waals surface area contributed by atoms with E-state index in [0.29, 0.717) is 23.9 Å². The van der Waals surface area contributed by atoms with E-state index in [0.717, 1.165) is 31.2 Å². The molecule has 0 unspecified atom stereocenters. The molecular formula is C18H25N7O2. The van der Waals surface area contributed by atoms with Gasteiger partial charge < -0.3 is 21.7 Å². The number of hydrogen-bond donors (Lipinski definition) is 5. The van der Waals surface area contributed by atoms with Gasteiger partial charge in [0.2, 0.25) is 5.91 Å². The van der Waals surface area contributed by atoms with Crippen molar-refractivity contribution in [1.29, 1.82) is 0 Å². The lowest BCUT2D eigenvalue weighted by atomic mass is 9.96.